The van der Waals surface area contributed by atoms with E-state index in [-0.39, 0.29) is 16.7 Å². The molecule has 1 aliphatic heterocycles. The van der Waals surface area contributed by atoms with Crippen LogP contribution >= 0.6 is 0 Å². The van der Waals surface area contributed by atoms with Crippen molar-refractivity contribution in [1.82, 2.24) is 0 Å². The summed E-state index contributed by atoms with van der Waals surface area (Å²) < 4.78 is 5.00. The van der Waals surface area contributed by atoms with Gasteiger partial charge in [-0.2, -0.15) is 0 Å². The van der Waals surface area contributed by atoms with Gasteiger partial charge in [-0.3, -0.25) is 0 Å². The summed E-state index contributed by atoms with van der Waals surface area (Å²) in [6, 6.07) is 23.3. The zero-order valence-corrected chi connectivity index (χ0v) is 18.0. The van der Waals surface area contributed by atoms with Crippen LogP contribution in [-0.2, 0) is 4.74 Å². The number of carboxylic acids is 2. The zero-order valence-electron chi connectivity index (χ0n) is 18.0. The van der Waals surface area contributed by atoms with E-state index in [0.29, 0.717) is 27.8 Å². The van der Waals surface area contributed by atoms with Gasteiger partial charge in [-0.05, 0) is 39.9 Å². The molecule has 0 bridgehead atoms. The lowest BCUT2D eigenvalue weighted by Crippen LogP contribution is -2.11. The highest BCUT2D eigenvalue weighted by Crippen LogP contribution is 2.45. The Bertz CT molecular complexity index is 1540. The van der Waals surface area contributed by atoms with Gasteiger partial charge < -0.3 is 14.9 Å². The molecule has 0 unspecified atom stereocenters. The van der Waals surface area contributed by atoms with Crippen molar-refractivity contribution < 1.29 is 34.1 Å². The highest BCUT2D eigenvalue weighted by molar-refractivity contribution is 6.23. The van der Waals surface area contributed by atoms with Crippen LogP contribution in [-0.4, -0.2) is 34.1 Å². The average Bonchev–Trinajstić information content (AvgIpc) is 3.17. The third-order valence-corrected chi connectivity index (χ3v) is 5.87. The number of aromatic carboxylic acids is 2. The van der Waals surface area contributed by atoms with Gasteiger partial charge in [0.2, 0.25) is 0 Å². The summed E-state index contributed by atoms with van der Waals surface area (Å²) in [6.45, 7) is 0. The van der Waals surface area contributed by atoms with Crippen molar-refractivity contribution in [3.8, 4) is 33.4 Å². The Labute approximate surface area is 198 Å². The second-order valence-electron chi connectivity index (χ2n) is 7.84. The molecular weight excluding hydrogens is 448 g/mol. The van der Waals surface area contributed by atoms with Gasteiger partial charge in [-0.15, -0.1) is 0 Å². The van der Waals surface area contributed by atoms with Gasteiger partial charge in [-0.1, -0.05) is 72.8 Å². The second-order valence-corrected chi connectivity index (χ2v) is 7.84. The van der Waals surface area contributed by atoms with Gasteiger partial charge in [0, 0.05) is 5.56 Å². The number of hydrogen-bond donors (Lipinski definition) is 2. The fourth-order valence-corrected chi connectivity index (χ4v) is 4.43. The van der Waals surface area contributed by atoms with Crippen LogP contribution in [0.25, 0.3) is 33.4 Å². The summed E-state index contributed by atoms with van der Waals surface area (Å²) in [5.74, 6) is -4.48. The van der Waals surface area contributed by atoms with E-state index in [0.717, 1.165) is 0 Å². The summed E-state index contributed by atoms with van der Waals surface area (Å²) in [6.07, 6.45) is 0. The van der Waals surface area contributed by atoms with Gasteiger partial charge in [0.15, 0.2) is 0 Å². The predicted octanol–water partition coefficient (Wildman–Crippen LogP) is 5.39. The minimum Gasteiger partial charge on any atom is -0.478 e. The Morgan fingerprint density at radius 2 is 1.17 bits per heavy atom. The van der Waals surface area contributed by atoms with Crippen molar-refractivity contribution in [3.05, 3.63) is 107 Å². The lowest BCUT2D eigenvalue weighted by Gasteiger charge is -2.18. The molecule has 0 atom stereocenters. The third-order valence-electron chi connectivity index (χ3n) is 5.87. The number of esters is 2. The van der Waals surface area contributed by atoms with Gasteiger partial charge in [0.05, 0.1) is 22.3 Å². The van der Waals surface area contributed by atoms with Crippen LogP contribution in [0.2, 0.25) is 0 Å². The second kappa shape index (κ2) is 8.39. The van der Waals surface area contributed by atoms with Crippen molar-refractivity contribution >= 4 is 23.9 Å². The van der Waals surface area contributed by atoms with Crippen LogP contribution in [0.4, 0.5) is 0 Å². The van der Waals surface area contributed by atoms with E-state index in [9.17, 15) is 29.4 Å². The van der Waals surface area contributed by atoms with Crippen LogP contribution in [0.5, 0.6) is 0 Å². The number of fused-ring (bicyclic) bond motifs is 1. The molecule has 170 valence electrons. The molecule has 7 heteroatoms. The van der Waals surface area contributed by atoms with Crippen LogP contribution < -0.4 is 0 Å². The van der Waals surface area contributed by atoms with E-state index < -0.39 is 35.0 Å². The quantitative estimate of drug-likeness (QED) is 0.300. The maximum absolute atomic E-state index is 13.0. The number of carbonyl (C=O) groups is 4. The number of rotatable bonds is 5. The molecule has 4 aromatic rings. The lowest BCUT2D eigenvalue weighted by molar-refractivity contribution is 0.0443. The Morgan fingerprint density at radius 1 is 0.571 bits per heavy atom. The van der Waals surface area contributed by atoms with E-state index in [2.05, 4.69) is 0 Å². The molecule has 4 aromatic carbocycles. The molecule has 35 heavy (non-hydrogen) atoms. The molecule has 0 amide bonds. The van der Waals surface area contributed by atoms with Crippen molar-refractivity contribution in [1.29, 1.82) is 0 Å². The number of carboxylic acid groups (broad SMARTS) is 2. The lowest BCUT2D eigenvalue weighted by atomic mass is 9.82. The Balaban J connectivity index is 1.98. The molecular formula is C28H16O7. The molecule has 0 spiro atoms. The van der Waals surface area contributed by atoms with Crippen LogP contribution in [0.1, 0.15) is 41.4 Å². The average molecular weight is 464 g/mol. The van der Waals surface area contributed by atoms with Gasteiger partial charge in [0.25, 0.3) is 0 Å². The summed E-state index contributed by atoms with van der Waals surface area (Å²) in [5, 5.41) is 19.6. The molecule has 7 nitrogen and oxygen atoms in total. The van der Waals surface area contributed by atoms with Crippen molar-refractivity contribution in [2.45, 2.75) is 0 Å². The SMILES string of the molecule is O=C(O)c1cccc(-c2cc(-c3ccccc3)c3c(c2-c2ccccc2)C(=O)OC3=O)c1C(=O)O. The van der Waals surface area contributed by atoms with Crippen molar-refractivity contribution in [2.75, 3.05) is 0 Å². The summed E-state index contributed by atoms with van der Waals surface area (Å²) in [7, 11) is 0. The highest BCUT2D eigenvalue weighted by Gasteiger charge is 2.38. The smallest absolute Gasteiger partial charge is 0.347 e. The number of carbonyl (C=O) groups excluding carboxylic acids is 2. The van der Waals surface area contributed by atoms with E-state index >= 15 is 0 Å². The summed E-state index contributed by atoms with van der Waals surface area (Å²) in [5.41, 5.74) is 1.49. The first-order valence-electron chi connectivity index (χ1n) is 10.6. The van der Waals surface area contributed by atoms with E-state index in [1.54, 1.807) is 66.7 Å². The Morgan fingerprint density at radius 3 is 1.77 bits per heavy atom. The van der Waals surface area contributed by atoms with Crippen LogP contribution in [0.15, 0.2) is 84.9 Å². The Hall–Kier alpha value is -5.04. The zero-order chi connectivity index (χ0) is 24.7. The summed E-state index contributed by atoms with van der Waals surface area (Å²) >= 11 is 0. The van der Waals surface area contributed by atoms with Crippen molar-refractivity contribution in [2.24, 2.45) is 0 Å². The minimum atomic E-state index is -1.43. The molecule has 0 saturated heterocycles. The van der Waals surface area contributed by atoms with E-state index in [4.69, 9.17) is 4.74 Å². The molecule has 0 radical (unpaired) electrons. The molecule has 0 saturated carbocycles. The first-order chi connectivity index (χ1) is 16.9. The van der Waals surface area contributed by atoms with Gasteiger partial charge in [0.1, 0.15) is 0 Å². The van der Waals surface area contributed by atoms with E-state index in [1.165, 1.54) is 18.2 Å². The largest absolute Gasteiger partial charge is 0.478 e. The third kappa shape index (κ3) is 3.55. The molecule has 5 rings (SSSR count). The maximum Gasteiger partial charge on any atom is 0.347 e. The fourth-order valence-electron chi connectivity index (χ4n) is 4.43. The maximum atomic E-state index is 13.0. The number of hydrogen-bond acceptors (Lipinski definition) is 5. The number of cyclic esters (lactones) is 2. The standard InChI is InChI=1S/C28H16O7/c29-25(30)18-13-7-12-17(22(18)26(31)32)20-14-19(15-8-3-1-4-9-15)23-24(28(34)35-27(23)33)21(20)16-10-5-2-6-11-16/h1-14H,(H,29,30)(H,31,32). The van der Waals surface area contributed by atoms with Crippen LogP contribution in [0.3, 0.4) is 0 Å². The Kier molecular flexibility index (Phi) is 5.22. The first-order valence-corrected chi connectivity index (χ1v) is 10.6. The predicted molar refractivity (Wildman–Crippen MR) is 126 cm³/mol. The normalized spacial score (nSPS) is 12.2. The van der Waals surface area contributed by atoms with Crippen molar-refractivity contribution in [3.63, 3.8) is 0 Å². The fraction of sp³-hybridized carbons (Fsp3) is 0. The molecule has 2 N–H and O–H groups in total. The molecule has 0 fully saturated rings. The molecule has 0 aromatic heterocycles. The van der Waals surface area contributed by atoms with Crippen LogP contribution in [0, 0.1) is 0 Å². The van der Waals surface area contributed by atoms with Gasteiger partial charge in [-0.25, -0.2) is 19.2 Å². The monoisotopic (exact) mass is 464 g/mol. The molecule has 0 aliphatic carbocycles. The van der Waals surface area contributed by atoms with Gasteiger partial charge >= 0.3 is 23.9 Å². The molecule has 1 aliphatic rings. The van der Waals surface area contributed by atoms with E-state index in [1.807, 2.05) is 0 Å². The molecule has 1 heterocycles. The number of benzene rings is 4. The minimum absolute atomic E-state index is 0.00891. The summed E-state index contributed by atoms with van der Waals surface area (Å²) in [4.78, 5) is 49.9. The topological polar surface area (TPSA) is 118 Å². The number of ether oxygens (including phenoxy) is 1. The highest BCUT2D eigenvalue weighted by atomic mass is 16.6. The first kappa shape index (κ1) is 21.8.